The smallest absolute Gasteiger partial charge is 0.336 e. The maximum Gasteiger partial charge on any atom is 0.336 e. The molecule has 2 aromatic heterocycles. The van der Waals surface area contributed by atoms with Crippen LogP contribution in [0.1, 0.15) is 95.5 Å². The van der Waals surface area contributed by atoms with Crippen molar-refractivity contribution in [1.82, 2.24) is 20.6 Å². The van der Waals surface area contributed by atoms with Crippen molar-refractivity contribution in [2.45, 2.75) is 103 Å². The Morgan fingerprint density at radius 2 is 0.922 bits per heavy atom. The molecule has 4 aromatic carbocycles. The van der Waals surface area contributed by atoms with E-state index in [9.17, 15) is 29.4 Å². The minimum Gasteiger partial charge on any atom is -0.421 e. The van der Waals surface area contributed by atoms with Crippen molar-refractivity contribution in [3.63, 3.8) is 0 Å². The van der Waals surface area contributed by atoms with Crippen LogP contribution in [0.3, 0.4) is 0 Å². The van der Waals surface area contributed by atoms with Gasteiger partial charge < -0.3 is 40.3 Å². The molecule has 64 heavy (non-hydrogen) atoms. The highest BCUT2D eigenvalue weighted by Gasteiger charge is 2.26. The van der Waals surface area contributed by atoms with Crippen molar-refractivity contribution < 1.29 is 29.3 Å². The van der Waals surface area contributed by atoms with Crippen molar-refractivity contribution in [3.05, 3.63) is 161 Å². The zero-order chi connectivity index (χ0) is 45.1. The normalized spacial score (nSPS) is 14.9. The van der Waals surface area contributed by atoms with Crippen LogP contribution in [0.2, 0.25) is 0 Å². The maximum atomic E-state index is 13.0. The van der Waals surface area contributed by atoms with E-state index in [1.165, 1.54) is 68.8 Å². The number of carbonyl (C=O) groups excluding carboxylic acids is 2. The van der Waals surface area contributed by atoms with Gasteiger partial charge in [-0.2, -0.15) is 0 Å². The number of aliphatic hydroxyl groups excluding tert-OH is 2. The molecule has 0 amide bonds. The van der Waals surface area contributed by atoms with Gasteiger partial charge >= 0.3 is 11.9 Å². The fourth-order valence-corrected chi connectivity index (χ4v) is 9.60. The van der Waals surface area contributed by atoms with Gasteiger partial charge in [0.1, 0.15) is 0 Å². The van der Waals surface area contributed by atoms with Gasteiger partial charge in [0, 0.05) is 60.2 Å². The maximum absolute atomic E-state index is 13.0. The van der Waals surface area contributed by atoms with Crippen LogP contribution >= 0.6 is 0 Å². The SMILES string of the molecule is CCc1cc2c(cc1CC)CC(NCC(O)c1ccc(OC(=O)/C=C/C(=O)Oc3ccc(C(O)CNC4Cc5cc(CC)c(CC)cc5C4)c4ccc(=O)[nH]c34)c3[nH]c(=O)ccc13)C2. The number of nitrogens with one attached hydrogen (secondary N) is 4. The average molecular weight is 865 g/mol. The van der Waals surface area contributed by atoms with E-state index in [1.807, 2.05) is 0 Å². The first-order valence-electron chi connectivity index (χ1n) is 22.5. The molecule has 0 saturated carbocycles. The van der Waals surface area contributed by atoms with Gasteiger partial charge in [0.05, 0.1) is 23.2 Å². The largest absolute Gasteiger partial charge is 0.421 e. The first kappa shape index (κ1) is 44.4. The van der Waals surface area contributed by atoms with Gasteiger partial charge in [-0.25, -0.2) is 9.59 Å². The molecule has 2 heterocycles. The number of esters is 2. The van der Waals surface area contributed by atoms with Crippen LogP contribution in [0.5, 0.6) is 11.5 Å². The van der Waals surface area contributed by atoms with E-state index in [4.69, 9.17) is 9.47 Å². The number of aromatic nitrogens is 2. The topological polar surface area (TPSA) is 183 Å². The molecule has 6 aromatic rings. The summed E-state index contributed by atoms with van der Waals surface area (Å²) in [4.78, 5) is 56.4. The second kappa shape index (κ2) is 19.3. The fraction of sp³-hybridized carbons (Fsp3) is 0.346. The van der Waals surface area contributed by atoms with E-state index >= 15 is 0 Å². The second-order valence-corrected chi connectivity index (χ2v) is 17.0. The van der Waals surface area contributed by atoms with E-state index in [0.29, 0.717) is 21.9 Å². The third-order valence-corrected chi connectivity index (χ3v) is 12.9. The fourth-order valence-electron chi connectivity index (χ4n) is 9.60. The lowest BCUT2D eigenvalue weighted by Crippen LogP contribution is -2.33. The monoisotopic (exact) mass is 864 g/mol. The molecule has 12 nitrogen and oxygen atoms in total. The summed E-state index contributed by atoms with van der Waals surface area (Å²) in [6, 6.07) is 21.8. The number of ether oxygens (including phenoxy) is 2. The summed E-state index contributed by atoms with van der Waals surface area (Å²) >= 11 is 0. The molecule has 6 N–H and O–H groups in total. The third kappa shape index (κ3) is 9.51. The number of aromatic amines is 2. The molecule has 332 valence electrons. The van der Waals surface area contributed by atoms with Crippen molar-refractivity contribution in [3.8, 4) is 11.5 Å². The zero-order valence-corrected chi connectivity index (χ0v) is 36.8. The number of carbonyl (C=O) groups is 2. The molecule has 0 aliphatic heterocycles. The Kier molecular flexibility index (Phi) is 13.4. The van der Waals surface area contributed by atoms with E-state index in [2.05, 4.69) is 72.6 Å². The van der Waals surface area contributed by atoms with Gasteiger partial charge in [-0.15, -0.1) is 0 Å². The van der Waals surface area contributed by atoms with Crippen LogP contribution in [0.4, 0.5) is 0 Å². The zero-order valence-electron chi connectivity index (χ0n) is 36.8. The summed E-state index contributed by atoms with van der Waals surface area (Å²) in [6.07, 6.45) is 7.45. The predicted molar refractivity (Wildman–Crippen MR) is 248 cm³/mol. The van der Waals surface area contributed by atoms with Crippen LogP contribution in [0, 0.1) is 0 Å². The quantitative estimate of drug-likeness (QED) is 0.0369. The Balaban J connectivity index is 0.896. The van der Waals surface area contributed by atoms with Crippen LogP contribution < -0.4 is 31.2 Å². The molecular formula is C52H56N4O8. The summed E-state index contributed by atoms with van der Waals surface area (Å²) in [5.74, 6) is -1.76. The number of aryl methyl sites for hydroxylation is 4. The third-order valence-electron chi connectivity index (χ3n) is 12.9. The summed E-state index contributed by atoms with van der Waals surface area (Å²) in [5.41, 5.74) is 11.6. The highest BCUT2D eigenvalue weighted by Crippen LogP contribution is 2.33. The molecule has 12 heteroatoms. The Morgan fingerprint density at radius 3 is 1.25 bits per heavy atom. The Labute approximate surface area is 371 Å². The molecule has 0 saturated heterocycles. The molecule has 2 atom stereocenters. The van der Waals surface area contributed by atoms with Gasteiger partial charge in [-0.05, 0) is 131 Å². The van der Waals surface area contributed by atoms with Crippen molar-refractivity contribution in [1.29, 1.82) is 0 Å². The molecule has 2 aliphatic carbocycles. The first-order chi connectivity index (χ1) is 30.9. The van der Waals surface area contributed by atoms with Crippen molar-refractivity contribution >= 4 is 33.7 Å². The van der Waals surface area contributed by atoms with Crippen LogP contribution in [-0.4, -0.2) is 57.3 Å². The molecule has 2 unspecified atom stereocenters. The number of H-pyrrole nitrogens is 2. The summed E-state index contributed by atoms with van der Waals surface area (Å²) in [6.45, 7) is 9.27. The minimum absolute atomic E-state index is 0.0326. The Hall–Kier alpha value is -6.18. The van der Waals surface area contributed by atoms with Gasteiger partial charge in [0.25, 0.3) is 0 Å². The number of pyridine rings is 2. The summed E-state index contributed by atoms with van der Waals surface area (Å²) < 4.78 is 11.2. The molecule has 0 spiro atoms. The Bertz CT molecular complexity index is 2640. The molecule has 0 radical (unpaired) electrons. The van der Waals surface area contributed by atoms with Crippen LogP contribution in [-0.2, 0) is 61.0 Å². The van der Waals surface area contributed by atoms with E-state index < -0.39 is 35.3 Å². The van der Waals surface area contributed by atoms with Gasteiger partial charge in [-0.1, -0.05) is 64.1 Å². The lowest BCUT2D eigenvalue weighted by Gasteiger charge is -2.19. The van der Waals surface area contributed by atoms with E-state index in [0.717, 1.165) is 63.5 Å². The number of benzene rings is 4. The van der Waals surface area contributed by atoms with Gasteiger partial charge in [0.15, 0.2) is 11.5 Å². The lowest BCUT2D eigenvalue weighted by molar-refractivity contribution is -0.131. The molecular weight excluding hydrogens is 809 g/mol. The second-order valence-electron chi connectivity index (χ2n) is 17.0. The predicted octanol–water partition coefficient (Wildman–Crippen LogP) is 6.27. The van der Waals surface area contributed by atoms with Crippen molar-refractivity contribution in [2.75, 3.05) is 13.1 Å². The Morgan fingerprint density at radius 1 is 0.578 bits per heavy atom. The van der Waals surface area contributed by atoms with Gasteiger partial charge in [-0.3, -0.25) is 9.59 Å². The highest BCUT2D eigenvalue weighted by molar-refractivity contribution is 5.97. The standard InChI is InChI=1S/C52H56N4O8/c1-5-29-19-33-23-37(24-34(33)20-30(29)6-2)53-27-43(57)39-9-13-45(51-41(39)11-15-47(59)55-51)63-49(61)17-18-50(62)64-46-14-10-40(42-12-16-48(60)56-52(42)46)44(58)28-54-38-25-35-21-31(7-3)32(8-4)22-36(35)26-38/h9-22,37-38,43-44,53-54,57-58H,5-8,23-28H2,1-4H3,(H,55,59)(H,56,60)/b18-17+. The van der Waals surface area contributed by atoms with E-state index in [1.54, 1.807) is 24.3 Å². The first-order valence-corrected chi connectivity index (χ1v) is 22.5. The van der Waals surface area contributed by atoms with Crippen molar-refractivity contribution in [2.24, 2.45) is 0 Å². The lowest BCUT2D eigenvalue weighted by atomic mass is 9.97. The highest BCUT2D eigenvalue weighted by atomic mass is 16.5. The van der Waals surface area contributed by atoms with Gasteiger partial charge in [0.2, 0.25) is 11.1 Å². The van der Waals surface area contributed by atoms with Crippen LogP contribution in [0.25, 0.3) is 21.8 Å². The number of aliphatic hydroxyl groups is 2. The molecule has 2 aliphatic rings. The number of rotatable bonds is 16. The number of hydrogen-bond donors (Lipinski definition) is 6. The summed E-state index contributed by atoms with van der Waals surface area (Å²) in [5, 5.41) is 30.8. The van der Waals surface area contributed by atoms with Crippen LogP contribution in [0.15, 0.2) is 94.5 Å². The van der Waals surface area contributed by atoms with E-state index in [-0.39, 0.29) is 47.7 Å². The average Bonchev–Trinajstić information content (AvgIpc) is 3.90. The summed E-state index contributed by atoms with van der Waals surface area (Å²) in [7, 11) is 0. The number of fused-ring (bicyclic) bond motifs is 4. The minimum atomic E-state index is -0.923. The number of hydrogen-bond acceptors (Lipinski definition) is 10. The molecule has 0 fully saturated rings. The molecule has 0 bridgehead atoms. The molecule has 8 rings (SSSR count).